The number of halogens is 2. The van der Waals surface area contributed by atoms with Gasteiger partial charge in [-0.3, -0.25) is 0 Å². The third-order valence-corrected chi connectivity index (χ3v) is 8.54. The van der Waals surface area contributed by atoms with Crippen LogP contribution in [0.25, 0.3) is 21.9 Å². The number of carboxylic acids is 2. The van der Waals surface area contributed by atoms with Crippen LogP contribution in [0.3, 0.4) is 0 Å². The largest absolute Gasteiger partial charge is 0.478 e. The first-order valence-electron chi connectivity index (χ1n) is 16.8. The quantitative estimate of drug-likeness (QED) is 0.108. The highest BCUT2D eigenvalue weighted by Gasteiger charge is 2.24. The highest BCUT2D eigenvalue weighted by atomic mass is 35.5. The number of carboxylic acid groups (broad SMARTS) is 2. The van der Waals surface area contributed by atoms with Gasteiger partial charge in [0.15, 0.2) is 0 Å². The average Bonchev–Trinajstić information content (AvgIpc) is 3.36. The number of benzene rings is 2. The molecule has 262 valence electrons. The standard InChI is InChI=1S/C36H54N2O5.2ClH.H2O/c1-5-9-19-37(20-10-6-2)23-13-15-27-26-32-34(30-25-28(35(39)40)17-18-31(30)43-32)29(33(27)36(41)42)16-14-24-38(21-11-7-3)22-12-8-4;;;/h17-18,25-26H,5-16,19-24H2,1-4H3,(H,39,40)(H,41,42);2*1H;1H2. The summed E-state index contributed by atoms with van der Waals surface area (Å²) in [5.74, 6) is -1.93. The number of carbonyl (C=O) groups is 2. The van der Waals surface area contributed by atoms with Gasteiger partial charge in [0.05, 0.1) is 11.1 Å². The summed E-state index contributed by atoms with van der Waals surface area (Å²) in [4.78, 5) is 29.8. The van der Waals surface area contributed by atoms with E-state index in [4.69, 9.17) is 4.42 Å². The molecule has 0 fully saturated rings. The molecule has 1 heterocycles. The SMILES string of the molecule is CCCCN(CCCC)CCCc1cc2oc3ccc(C(=O)O)cc3c2c(CCCN(CCCC)CCCC)c1C(=O)O.Cl.Cl.O. The van der Waals surface area contributed by atoms with E-state index in [1.165, 1.54) is 12.8 Å². The fraction of sp³-hybridized carbons (Fsp3) is 0.611. The zero-order chi connectivity index (χ0) is 31.2. The second-order valence-corrected chi connectivity index (χ2v) is 12.0. The van der Waals surface area contributed by atoms with Gasteiger partial charge >= 0.3 is 11.9 Å². The minimum absolute atomic E-state index is 0. The van der Waals surface area contributed by atoms with Crippen molar-refractivity contribution in [1.29, 1.82) is 0 Å². The van der Waals surface area contributed by atoms with E-state index in [1.54, 1.807) is 18.2 Å². The fourth-order valence-electron chi connectivity index (χ4n) is 6.10. The second kappa shape index (κ2) is 23.0. The zero-order valence-corrected chi connectivity index (χ0v) is 30.0. The molecule has 4 N–H and O–H groups in total. The number of hydrogen-bond acceptors (Lipinski definition) is 5. The van der Waals surface area contributed by atoms with Crippen molar-refractivity contribution in [3.8, 4) is 0 Å². The summed E-state index contributed by atoms with van der Waals surface area (Å²) < 4.78 is 6.26. The van der Waals surface area contributed by atoms with Crippen LogP contribution in [0.1, 0.15) is 124 Å². The van der Waals surface area contributed by atoms with Crippen molar-refractivity contribution in [1.82, 2.24) is 9.80 Å². The molecule has 0 spiro atoms. The smallest absolute Gasteiger partial charge is 0.336 e. The molecule has 2 aromatic carbocycles. The first kappa shape index (κ1) is 43.6. The molecule has 0 unspecified atom stereocenters. The molecule has 0 atom stereocenters. The maximum Gasteiger partial charge on any atom is 0.336 e. The number of aromatic carboxylic acids is 2. The van der Waals surface area contributed by atoms with Crippen molar-refractivity contribution < 1.29 is 29.7 Å². The molecular weight excluding hydrogens is 627 g/mol. The van der Waals surface area contributed by atoms with Gasteiger partial charge in [-0.2, -0.15) is 0 Å². The maximum absolute atomic E-state index is 12.9. The van der Waals surface area contributed by atoms with Crippen molar-refractivity contribution in [2.45, 2.75) is 105 Å². The molecule has 0 saturated carbocycles. The number of hydrogen-bond donors (Lipinski definition) is 2. The van der Waals surface area contributed by atoms with Crippen LogP contribution in [0.4, 0.5) is 0 Å². The molecule has 3 rings (SSSR count). The van der Waals surface area contributed by atoms with E-state index in [1.807, 2.05) is 6.07 Å². The van der Waals surface area contributed by atoms with Crippen molar-refractivity contribution in [2.24, 2.45) is 0 Å². The van der Waals surface area contributed by atoms with E-state index in [9.17, 15) is 19.8 Å². The van der Waals surface area contributed by atoms with Crippen LogP contribution in [-0.4, -0.2) is 76.7 Å². The van der Waals surface area contributed by atoms with Crippen molar-refractivity contribution in [2.75, 3.05) is 39.3 Å². The number of nitrogens with zero attached hydrogens (tertiary/aromatic N) is 2. The number of unbranched alkanes of at least 4 members (excludes halogenated alkanes) is 4. The van der Waals surface area contributed by atoms with E-state index < -0.39 is 11.9 Å². The van der Waals surface area contributed by atoms with Gasteiger partial charge in [-0.25, -0.2) is 9.59 Å². The molecule has 0 aliphatic carbocycles. The molecular formula is C36H58Cl2N2O6. The highest BCUT2D eigenvalue weighted by Crippen LogP contribution is 2.37. The Morgan fingerprint density at radius 2 is 1.13 bits per heavy atom. The minimum Gasteiger partial charge on any atom is -0.478 e. The van der Waals surface area contributed by atoms with Crippen LogP contribution in [-0.2, 0) is 12.8 Å². The molecule has 46 heavy (non-hydrogen) atoms. The highest BCUT2D eigenvalue weighted by molar-refractivity contribution is 6.12. The number of aryl methyl sites for hydroxylation is 2. The van der Waals surface area contributed by atoms with Gasteiger partial charge < -0.3 is 29.9 Å². The van der Waals surface area contributed by atoms with E-state index in [0.717, 1.165) is 107 Å². The lowest BCUT2D eigenvalue weighted by molar-refractivity contribution is 0.0684. The van der Waals surface area contributed by atoms with Crippen molar-refractivity contribution in [3.05, 3.63) is 46.5 Å². The van der Waals surface area contributed by atoms with Crippen LogP contribution >= 0.6 is 24.8 Å². The summed E-state index contributed by atoms with van der Waals surface area (Å²) in [6.07, 6.45) is 12.3. The Labute approximate surface area is 288 Å². The second-order valence-electron chi connectivity index (χ2n) is 12.0. The third kappa shape index (κ3) is 12.3. The topological polar surface area (TPSA) is 126 Å². The van der Waals surface area contributed by atoms with E-state index in [-0.39, 0.29) is 35.9 Å². The van der Waals surface area contributed by atoms with Gasteiger partial charge in [0.2, 0.25) is 0 Å². The minimum atomic E-state index is -1.01. The number of fused-ring (bicyclic) bond motifs is 3. The molecule has 10 heteroatoms. The molecule has 1 aromatic heterocycles. The number of furan rings is 1. The van der Waals surface area contributed by atoms with Gasteiger partial charge in [-0.15, -0.1) is 24.8 Å². The van der Waals surface area contributed by atoms with Gasteiger partial charge in [0.1, 0.15) is 11.2 Å². The Morgan fingerprint density at radius 1 is 0.652 bits per heavy atom. The molecule has 0 aliphatic heterocycles. The molecule has 0 bridgehead atoms. The van der Waals surface area contributed by atoms with Gasteiger partial charge in [-0.1, -0.05) is 53.4 Å². The predicted molar refractivity (Wildman–Crippen MR) is 195 cm³/mol. The first-order valence-corrected chi connectivity index (χ1v) is 16.8. The van der Waals surface area contributed by atoms with Crippen molar-refractivity contribution >= 4 is 58.7 Å². The molecule has 0 aliphatic rings. The summed E-state index contributed by atoms with van der Waals surface area (Å²) in [5, 5.41) is 21.7. The van der Waals surface area contributed by atoms with E-state index >= 15 is 0 Å². The van der Waals surface area contributed by atoms with E-state index in [2.05, 4.69) is 37.5 Å². The lowest BCUT2D eigenvalue weighted by Crippen LogP contribution is -2.28. The van der Waals surface area contributed by atoms with Crippen LogP contribution in [0.2, 0.25) is 0 Å². The summed E-state index contributed by atoms with van der Waals surface area (Å²) in [5.41, 5.74) is 3.38. The third-order valence-electron chi connectivity index (χ3n) is 8.54. The normalized spacial score (nSPS) is 11.1. The van der Waals surface area contributed by atoms with E-state index in [0.29, 0.717) is 35.0 Å². The van der Waals surface area contributed by atoms with Gasteiger partial charge in [0.25, 0.3) is 0 Å². The molecule has 3 aromatic rings. The summed E-state index contributed by atoms with van der Waals surface area (Å²) >= 11 is 0. The first-order chi connectivity index (χ1) is 20.8. The fourth-order valence-corrected chi connectivity index (χ4v) is 6.10. The van der Waals surface area contributed by atoms with Crippen molar-refractivity contribution in [3.63, 3.8) is 0 Å². The Kier molecular flexibility index (Phi) is 21.9. The summed E-state index contributed by atoms with van der Waals surface area (Å²) in [7, 11) is 0. The monoisotopic (exact) mass is 684 g/mol. The Hall–Kier alpha value is -2.36. The number of rotatable bonds is 22. The Balaban J connectivity index is 0.00000675. The van der Waals surface area contributed by atoms with Gasteiger partial charge in [0, 0.05) is 10.8 Å². The lowest BCUT2D eigenvalue weighted by atomic mass is 9.90. The lowest BCUT2D eigenvalue weighted by Gasteiger charge is -2.23. The molecule has 0 radical (unpaired) electrons. The van der Waals surface area contributed by atoms with Crippen LogP contribution in [0.15, 0.2) is 28.7 Å². The van der Waals surface area contributed by atoms with Crippen LogP contribution in [0.5, 0.6) is 0 Å². The van der Waals surface area contributed by atoms with Crippen LogP contribution < -0.4 is 0 Å². The molecule has 8 nitrogen and oxygen atoms in total. The average molecular weight is 686 g/mol. The maximum atomic E-state index is 12.9. The Morgan fingerprint density at radius 3 is 1.59 bits per heavy atom. The summed E-state index contributed by atoms with van der Waals surface area (Å²) in [6.45, 7) is 15.0. The Bertz CT molecular complexity index is 1310. The predicted octanol–water partition coefficient (Wildman–Crippen LogP) is 8.67. The molecule has 0 saturated heterocycles. The van der Waals surface area contributed by atoms with Crippen LogP contribution in [0, 0.1) is 0 Å². The summed E-state index contributed by atoms with van der Waals surface area (Å²) in [6, 6.07) is 6.78. The van der Waals surface area contributed by atoms with Gasteiger partial charge in [-0.05, 0) is 126 Å². The molecule has 0 amide bonds. The zero-order valence-electron chi connectivity index (χ0n) is 28.4.